The molecule has 1 aliphatic rings. The topological polar surface area (TPSA) is 98.8 Å². The van der Waals surface area contributed by atoms with Crippen molar-refractivity contribution in [2.24, 2.45) is 0 Å². The Bertz CT molecular complexity index is 818. The highest BCUT2D eigenvalue weighted by molar-refractivity contribution is 7.89. The predicted molar refractivity (Wildman–Crippen MR) is 94.9 cm³/mol. The van der Waals surface area contributed by atoms with Gasteiger partial charge in [0.2, 0.25) is 15.9 Å². The van der Waals surface area contributed by atoms with E-state index in [1.165, 1.54) is 20.2 Å². The zero-order valence-electron chi connectivity index (χ0n) is 14.5. The number of anilines is 1. The van der Waals surface area contributed by atoms with Crippen LogP contribution in [-0.4, -0.2) is 68.3 Å². The van der Waals surface area contributed by atoms with Crippen molar-refractivity contribution in [1.82, 2.24) is 14.7 Å². The SMILES string of the molecule is Cc1ccc(NC(=O)CN2NCC(F)C(Cl)C2=O)cc1S(=O)(=O)N(C)C. The second-order valence-electron chi connectivity index (χ2n) is 6.02. The molecule has 2 N–H and O–H groups in total. The number of carbonyl (C=O) groups excluding carboxylic acids is 2. The summed E-state index contributed by atoms with van der Waals surface area (Å²) in [5, 5.41) is 2.11. The molecule has 0 bridgehead atoms. The van der Waals surface area contributed by atoms with E-state index >= 15 is 0 Å². The number of halogens is 2. The average Bonchev–Trinajstić information content (AvgIpc) is 2.57. The van der Waals surface area contributed by atoms with E-state index in [0.29, 0.717) is 5.56 Å². The van der Waals surface area contributed by atoms with Crippen LogP contribution in [0.1, 0.15) is 5.56 Å². The molecule has 2 amide bonds. The molecule has 26 heavy (non-hydrogen) atoms. The summed E-state index contributed by atoms with van der Waals surface area (Å²) in [6.07, 6.45) is -1.53. The third-order valence-corrected chi connectivity index (χ3v) is 6.25. The van der Waals surface area contributed by atoms with E-state index in [1.54, 1.807) is 19.1 Å². The Kier molecular flexibility index (Phi) is 6.22. The molecule has 2 rings (SSSR count). The van der Waals surface area contributed by atoms with Gasteiger partial charge in [-0.1, -0.05) is 6.07 Å². The van der Waals surface area contributed by atoms with Crippen LogP contribution in [-0.2, 0) is 19.6 Å². The molecule has 1 saturated heterocycles. The van der Waals surface area contributed by atoms with Crippen LogP contribution in [0, 0.1) is 6.92 Å². The highest BCUT2D eigenvalue weighted by Crippen LogP contribution is 2.22. The molecule has 0 aromatic heterocycles. The zero-order valence-corrected chi connectivity index (χ0v) is 16.1. The molecule has 2 atom stereocenters. The largest absolute Gasteiger partial charge is 0.324 e. The Labute approximate surface area is 156 Å². The van der Waals surface area contributed by atoms with Gasteiger partial charge < -0.3 is 5.32 Å². The van der Waals surface area contributed by atoms with E-state index in [0.717, 1.165) is 9.31 Å². The van der Waals surface area contributed by atoms with Gasteiger partial charge in [-0.2, -0.15) is 0 Å². The third kappa shape index (κ3) is 4.32. The summed E-state index contributed by atoms with van der Waals surface area (Å²) in [5.74, 6) is -1.32. The predicted octanol–water partition coefficient (Wildman–Crippen LogP) is 0.476. The fourth-order valence-corrected chi connectivity index (χ4v) is 3.66. The number of hydrogen-bond donors (Lipinski definition) is 2. The Morgan fingerprint density at radius 3 is 2.73 bits per heavy atom. The van der Waals surface area contributed by atoms with Gasteiger partial charge in [-0.05, 0) is 24.6 Å². The van der Waals surface area contributed by atoms with Crippen LogP contribution in [0.3, 0.4) is 0 Å². The van der Waals surface area contributed by atoms with Gasteiger partial charge in [0, 0.05) is 26.3 Å². The fourth-order valence-electron chi connectivity index (χ4n) is 2.31. The summed E-state index contributed by atoms with van der Waals surface area (Å²) in [6.45, 7) is 1.08. The quantitative estimate of drug-likeness (QED) is 0.693. The second kappa shape index (κ2) is 7.87. The molecule has 8 nitrogen and oxygen atoms in total. The van der Waals surface area contributed by atoms with Gasteiger partial charge in [-0.25, -0.2) is 22.5 Å². The molecule has 11 heteroatoms. The lowest BCUT2D eigenvalue weighted by Crippen LogP contribution is -2.59. The first-order valence-electron chi connectivity index (χ1n) is 7.70. The number of amides is 2. The summed E-state index contributed by atoms with van der Waals surface area (Å²) >= 11 is 5.66. The van der Waals surface area contributed by atoms with Crippen molar-refractivity contribution in [2.75, 3.05) is 32.5 Å². The molecule has 0 aliphatic carbocycles. The Hall–Kier alpha value is -1.75. The van der Waals surface area contributed by atoms with E-state index < -0.39 is 39.9 Å². The number of nitrogens with one attached hydrogen (secondary N) is 2. The zero-order chi connectivity index (χ0) is 19.6. The molecular formula is C15H20ClFN4O4S. The smallest absolute Gasteiger partial charge is 0.258 e. The van der Waals surface area contributed by atoms with Gasteiger partial charge in [-0.15, -0.1) is 11.6 Å². The monoisotopic (exact) mass is 406 g/mol. The lowest BCUT2D eigenvalue weighted by atomic mass is 10.2. The van der Waals surface area contributed by atoms with Gasteiger partial charge in [0.25, 0.3) is 5.91 Å². The van der Waals surface area contributed by atoms with Crippen molar-refractivity contribution in [1.29, 1.82) is 0 Å². The minimum atomic E-state index is -3.67. The molecule has 144 valence electrons. The number of nitrogens with zero attached hydrogens (tertiary/aromatic N) is 2. The molecule has 1 fully saturated rings. The number of rotatable bonds is 5. The third-order valence-electron chi connectivity index (χ3n) is 3.83. The molecule has 1 heterocycles. The van der Waals surface area contributed by atoms with Crippen LogP contribution in [0.4, 0.5) is 10.1 Å². The van der Waals surface area contributed by atoms with Crippen molar-refractivity contribution < 1.29 is 22.4 Å². The van der Waals surface area contributed by atoms with Crippen LogP contribution in [0.15, 0.2) is 23.1 Å². The highest BCUT2D eigenvalue weighted by atomic mass is 35.5. The van der Waals surface area contributed by atoms with Gasteiger partial charge in [-0.3, -0.25) is 14.6 Å². The Morgan fingerprint density at radius 1 is 1.46 bits per heavy atom. The van der Waals surface area contributed by atoms with Crippen molar-refractivity contribution in [3.63, 3.8) is 0 Å². The number of benzene rings is 1. The maximum Gasteiger partial charge on any atom is 0.258 e. The number of alkyl halides is 2. The van der Waals surface area contributed by atoms with E-state index in [1.807, 2.05) is 0 Å². The standard InChI is InChI=1S/C15H20ClFN4O4S/c1-9-4-5-10(6-12(9)26(24,25)20(2)3)19-13(22)8-21-15(23)14(16)11(17)7-18-21/h4-6,11,14,18H,7-8H2,1-3H3,(H,19,22). The normalized spacial score (nSPS) is 21.2. The number of sulfonamides is 1. The number of carbonyl (C=O) groups is 2. The molecule has 1 aliphatic heterocycles. The van der Waals surface area contributed by atoms with Crippen molar-refractivity contribution in [3.05, 3.63) is 23.8 Å². The molecule has 1 aromatic carbocycles. The van der Waals surface area contributed by atoms with Crippen molar-refractivity contribution >= 4 is 39.1 Å². The van der Waals surface area contributed by atoms with E-state index in [2.05, 4.69) is 10.7 Å². The second-order valence-corrected chi connectivity index (χ2v) is 8.61. The van der Waals surface area contributed by atoms with Crippen LogP contribution >= 0.6 is 11.6 Å². The molecule has 1 aromatic rings. The maximum atomic E-state index is 13.3. The van der Waals surface area contributed by atoms with Gasteiger partial charge in [0.15, 0.2) is 0 Å². The average molecular weight is 407 g/mol. The molecule has 0 saturated carbocycles. The maximum absolute atomic E-state index is 13.3. The van der Waals surface area contributed by atoms with Crippen LogP contribution in [0.2, 0.25) is 0 Å². The van der Waals surface area contributed by atoms with Gasteiger partial charge in [0.1, 0.15) is 18.1 Å². The summed E-state index contributed by atoms with van der Waals surface area (Å²) in [7, 11) is -0.847. The summed E-state index contributed by atoms with van der Waals surface area (Å²) in [5.41, 5.74) is 3.28. The van der Waals surface area contributed by atoms with Crippen molar-refractivity contribution in [3.8, 4) is 0 Å². The van der Waals surface area contributed by atoms with Gasteiger partial charge in [0.05, 0.1) is 4.90 Å². The molecule has 2 unspecified atom stereocenters. The van der Waals surface area contributed by atoms with Crippen molar-refractivity contribution in [2.45, 2.75) is 23.4 Å². The van der Waals surface area contributed by atoms with E-state index in [4.69, 9.17) is 11.6 Å². The molecule has 0 spiro atoms. The lowest BCUT2D eigenvalue weighted by molar-refractivity contribution is -0.141. The first-order valence-corrected chi connectivity index (χ1v) is 9.57. The lowest BCUT2D eigenvalue weighted by Gasteiger charge is -2.31. The minimum Gasteiger partial charge on any atom is -0.324 e. The number of aryl methyl sites for hydroxylation is 1. The van der Waals surface area contributed by atoms with Crippen LogP contribution in [0.25, 0.3) is 0 Å². The number of hydrogen-bond acceptors (Lipinski definition) is 5. The first kappa shape index (κ1) is 20.6. The highest BCUT2D eigenvalue weighted by Gasteiger charge is 2.36. The Morgan fingerprint density at radius 2 is 2.12 bits per heavy atom. The van der Waals surface area contributed by atoms with Gasteiger partial charge >= 0.3 is 0 Å². The summed E-state index contributed by atoms with van der Waals surface area (Å²) in [6, 6.07) is 4.46. The summed E-state index contributed by atoms with van der Waals surface area (Å²) in [4.78, 5) is 24.1. The molecule has 0 radical (unpaired) electrons. The Balaban J connectivity index is 2.12. The molecular weight excluding hydrogens is 387 g/mol. The van der Waals surface area contributed by atoms with E-state index in [9.17, 15) is 22.4 Å². The van der Waals surface area contributed by atoms with Crippen LogP contribution < -0.4 is 10.7 Å². The summed E-state index contributed by atoms with van der Waals surface area (Å²) < 4.78 is 39.1. The fraction of sp³-hybridized carbons (Fsp3) is 0.467. The minimum absolute atomic E-state index is 0.0635. The number of hydrazine groups is 1. The van der Waals surface area contributed by atoms with E-state index in [-0.39, 0.29) is 17.1 Å². The van der Waals surface area contributed by atoms with Crippen LogP contribution in [0.5, 0.6) is 0 Å². The first-order chi connectivity index (χ1) is 12.0.